The smallest absolute Gasteiger partial charge is 0.331 e. The molecule has 1 amide bonds. The van der Waals surface area contributed by atoms with E-state index in [1.807, 2.05) is 13.8 Å². The van der Waals surface area contributed by atoms with E-state index in [2.05, 4.69) is 9.97 Å². The van der Waals surface area contributed by atoms with E-state index in [1.54, 1.807) is 18.7 Å². The molecule has 1 fully saturated rings. The van der Waals surface area contributed by atoms with E-state index in [9.17, 15) is 14.4 Å². The van der Waals surface area contributed by atoms with E-state index < -0.39 is 5.54 Å². The molecule has 8 heteroatoms. The third-order valence-corrected chi connectivity index (χ3v) is 6.42. The van der Waals surface area contributed by atoms with Gasteiger partial charge < -0.3 is 14.6 Å². The molecular formula is C19H25N3O4S. The Hall–Kier alpha value is -2.22. The first-order chi connectivity index (χ1) is 12.8. The summed E-state index contributed by atoms with van der Waals surface area (Å²) in [6.07, 6.45) is 1.89. The molecule has 7 nitrogen and oxygen atoms in total. The fourth-order valence-corrected chi connectivity index (χ4v) is 4.69. The first-order valence-corrected chi connectivity index (χ1v) is 10.1. The predicted molar refractivity (Wildman–Crippen MR) is 104 cm³/mol. The molecule has 0 saturated carbocycles. The molecule has 0 aromatic carbocycles. The minimum atomic E-state index is -0.903. The zero-order chi connectivity index (χ0) is 19.8. The van der Waals surface area contributed by atoms with Crippen molar-refractivity contribution in [2.24, 2.45) is 0 Å². The van der Waals surface area contributed by atoms with Gasteiger partial charge in [-0.05, 0) is 46.1 Å². The third kappa shape index (κ3) is 3.50. The number of rotatable bonds is 5. The van der Waals surface area contributed by atoms with Gasteiger partial charge in [0.15, 0.2) is 0 Å². The minimum absolute atomic E-state index is 0.121. The topological polar surface area (TPSA) is 92.4 Å². The van der Waals surface area contributed by atoms with Crippen LogP contribution in [0.2, 0.25) is 0 Å². The van der Waals surface area contributed by atoms with Crippen molar-refractivity contribution in [3.63, 3.8) is 0 Å². The van der Waals surface area contributed by atoms with Gasteiger partial charge >= 0.3 is 5.97 Å². The molecule has 1 aliphatic heterocycles. The summed E-state index contributed by atoms with van der Waals surface area (Å²) >= 11 is 1.49. The number of thiophene rings is 1. The van der Waals surface area contributed by atoms with Gasteiger partial charge in [0.2, 0.25) is 5.91 Å². The summed E-state index contributed by atoms with van der Waals surface area (Å²) in [7, 11) is 0. The number of amides is 1. The highest BCUT2D eigenvalue weighted by Crippen LogP contribution is 2.31. The monoisotopic (exact) mass is 391 g/mol. The molecule has 0 bridgehead atoms. The van der Waals surface area contributed by atoms with Gasteiger partial charge in [0.05, 0.1) is 12.0 Å². The summed E-state index contributed by atoms with van der Waals surface area (Å²) in [6.45, 7) is 8.24. The normalized spacial score (nSPS) is 19.6. The van der Waals surface area contributed by atoms with Crippen molar-refractivity contribution >= 4 is 33.4 Å². The highest BCUT2D eigenvalue weighted by Gasteiger charge is 2.46. The van der Waals surface area contributed by atoms with Crippen LogP contribution in [0, 0.1) is 13.8 Å². The van der Waals surface area contributed by atoms with Crippen LogP contribution in [0.5, 0.6) is 0 Å². The molecule has 146 valence electrons. The zero-order valence-electron chi connectivity index (χ0n) is 16.2. The number of aromatic amines is 1. The van der Waals surface area contributed by atoms with Crippen molar-refractivity contribution in [3.8, 4) is 0 Å². The Labute approximate surface area is 161 Å². The second kappa shape index (κ2) is 7.42. The Kier molecular flexibility index (Phi) is 5.37. The summed E-state index contributed by atoms with van der Waals surface area (Å²) in [4.78, 5) is 48.1. The Balaban J connectivity index is 1.75. The van der Waals surface area contributed by atoms with Gasteiger partial charge in [-0.15, -0.1) is 11.3 Å². The summed E-state index contributed by atoms with van der Waals surface area (Å²) in [5.41, 5.74) is -0.115. The van der Waals surface area contributed by atoms with Gasteiger partial charge in [0.25, 0.3) is 5.56 Å². The Bertz CT molecular complexity index is 948. The van der Waals surface area contributed by atoms with Crippen LogP contribution < -0.4 is 5.56 Å². The predicted octanol–water partition coefficient (Wildman–Crippen LogP) is 2.48. The fraction of sp³-hybridized carbons (Fsp3) is 0.579. The quantitative estimate of drug-likeness (QED) is 0.791. The number of likely N-dealkylation sites (tertiary alicyclic amines) is 1. The molecule has 0 aliphatic carbocycles. The van der Waals surface area contributed by atoms with Gasteiger partial charge in [-0.25, -0.2) is 9.78 Å². The number of aryl methyl sites for hydroxylation is 3. The number of nitrogens with one attached hydrogen (secondary N) is 1. The average Bonchev–Trinajstić information content (AvgIpc) is 3.14. The molecule has 2 aromatic heterocycles. The highest BCUT2D eigenvalue weighted by molar-refractivity contribution is 7.18. The van der Waals surface area contributed by atoms with Crippen molar-refractivity contribution in [3.05, 3.63) is 26.6 Å². The first-order valence-electron chi connectivity index (χ1n) is 9.24. The van der Waals surface area contributed by atoms with Gasteiger partial charge in [0.1, 0.15) is 16.2 Å². The molecule has 1 unspecified atom stereocenters. The van der Waals surface area contributed by atoms with Crippen LogP contribution >= 0.6 is 11.3 Å². The van der Waals surface area contributed by atoms with Crippen LogP contribution in [0.15, 0.2) is 4.79 Å². The van der Waals surface area contributed by atoms with Crippen LogP contribution in [0.25, 0.3) is 10.2 Å². The second-order valence-corrected chi connectivity index (χ2v) is 8.32. The van der Waals surface area contributed by atoms with Crippen molar-refractivity contribution in [1.82, 2.24) is 14.9 Å². The number of carbonyl (C=O) groups is 2. The maximum absolute atomic E-state index is 12.8. The maximum Gasteiger partial charge on any atom is 0.331 e. The van der Waals surface area contributed by atoms with Gasteiger partial charge in [-0.3, -0.25) is 9.59 Å². The maximum atomic E-state index is 12.8. The molecule has 3 heterocycles. The van der Waals surface area contributed by atoms with Gasteiger partial charge in [0, 0.05) is 24.3 Å². The molecule has 0 radical (unpaired) electrons. The lowest BCUT2D eigenvalue weighted by molar-refractivity contribution is -0.160. The van der Waals surface area contributed by atoms with Crippen LogP contribution in [0.1, 0.15) is 49.4 Å². The SMILES string of the molecule is CCOC(=O)C1(C)CCCN1C(=O)CCc1nc2sc(C)c(C)c2c(=O)[nH]1. The van der Waals surface area contributed by atoms with E-state index >= 15 is 0 Å². The number of nitrogens with zero attached hydrogens (tertiary/aromatic N) is 2. The number of ether oxygens (including phenoxy) is 1. The Morgan fingerprint density at radius 1 is 1.37 bits per heavy atom. The standard InChI is InChI=1S/C19H25N3O4S/c1-5-26-18(25)19(4)9-6-10-22(19)14(23)8-7-13-20-16(24)15-11(2)12(3)27-17(15)21-13/h5-10H2,1-4H3,(H,20,21,24). The summed E-state index contributed by atoms with van der Waals surface area (Å²) < 4.78 is 5.16. The third-order valence-electron chi connectivity index (χ3n) is 5.32. The van der Waals surface area contributed by atoms with E-state index in [0.717, 1.165) is 16.9 Å². The van der Waals surface area contributed by atoms with E-state index in [-0.39, 0.29) is 23.9 Å². The summed E-state index contributed by atoms with van der Waals surface area (Å²) in [5, 5.41) is 0.627. The van der Waals surface area contributed by atoms with E-state index in [1.165, 1.54) is 11.3 Å². The number of aromatic nitrogens is 2. The number of H-pyrrole nitrogens is 1. The number of esters is 1. The van der Waals surface area contributed by atoms with Crippen LogP contribution in [-0.4, -0.2) is 45.4 Å². The Morgan fingerprint density at radius 3 is 2.81 bits per heavy atom. The molecule has 1 aliphatic rings. The molecule has 0 spiro atoms. The van der Waals surface area contributed by atoms with Crippen LogP contribution in [0.3, 0.4) is 0 Å². The lowest BCUT2D eigenvalue weighted by atomic mass is 9.98. The van der Waals surface area contributed by atoms with Crippen molar-refractivity contribution in [2.75, 3.05) is 13.2 Å². The van der Waals surface area contributed by atoms with Crippen molar-refractivity contribution < 1.29 is 14.3 Å². The first kappa shape index (κ1) is 19.5. The van der Waals surface area contributed by atoms with Crippen molar-refractivity contribution in [2.45, 2.75) is 58.9 Å². The molecule has 1 saturated heterocycles. The summed E-state index contributed by atoms with van der Waals surface area (Å²) in [5.74, 6) is 0.0248. The molecule has 2 aromatic rings. The van der Waals surface area contributed by atoms with E-state index in [4.69, 9.17) is 4.74 Å². The van der Waals surface area contributed by atoms with Crippen LogP contribution in [-0.2, 0) is 20.7 Å². The summed E-state index contributed by atoms with van der Waals surface area (Å²) in [6, 6.07) is 0. The number of hydrogen-bond donors (Lipinski definition) is 1. The Morgan fingerprint density at radius 2 is 2.11 bits per heavy atom. The molecule has 1 atom stereocenters. The molecule has 3 rings (SSSR count). The lowest BCUT2D eigenvalue weighted by Gasteiger charge is -2.32. The van der Waals surface area contributed by atoms with Gasteiger partial charge in [-0.1, -0.05) is 0 Å². The highest BCUT2D eigenvalue weighted by atomic mass is 32.1. The second-order valence-electron chi connectivity index (χ2n) is 7.12. The van der Waals surface area contributed by atoms with Crippen LogP contribution in [0.4, 0.5) is 0 Å². The molecular weight excluding hydrogens is 366 g/mol. The lowest BCUT2D eigenvalue weighted by Crippen LogP contribution is -2.51. The molecule has 1 N–H and O–H groups in total. The minimum Gasteiger partial charge on any atom is -0.464 e. The number of fused-ring (bicyclic) bond motifs is 1. The number of carbonyl (C=O) groups excluding carboxylic acids is 2. The fourth-order valence-electron chi connectivity index (χ4n) is 3.64. The largest absolute Gasteiger partial charge is 0.464 e. The molecule has 27 heavy (non-hydrogen) atoms. The zero-order valence-corrected chi connectivity index (χ0v) is 17.0. The number of hydrogen-bond acceptors (Lipinski definition) is 6. The van der Waals surface area contributed by atoms with Crippen molar-refractivity contribution in [1.29, 1.82) is 0 Å². The average molecular weight is 391 g/mol. The van der Waals surface area contributed by atoms with Gasteiger partial charge in [-0.2, -0.15) is 0 Å². The van der Waals surface area contributed by atoms with E-state index in [0.29, 0.717) is 42.0 Å².